The van der Waals surface area contributed by atoms with Crippen molar-refractivity contribution in [2.24, 2.45) is 0 Å². The summed E-state index contributed by atoms with van der Waals surface area (Å²) in [5.41, 5.74) is 2.19. The zero-order valence-electron chi connectivity index (χ0n) is 12.4. The third-order valence-electron chi connectivity index (χ3n) is 3.70. The molecule has 3 N–H and O–H groups in total. The average Bonchev–Trinajstić information content (AvgIpc) is 2.93. The normalized spacial score (nSPS) is 10.8. The zero-order valence-corrected chi connectivity index (χ0v) is 13.9. The van der Waals surface area contributed by atoms with Gasteiger partial charge in [0.25, 0.3) is 11.5 Å². The number of nitrogens with one attached hydrogen (secondary N) is 3. The summed E-state index contributed by atoms with van der Waals surface area (Å²) in [6.07, 6.45) is 1.74. The molecule has 3 rings (SSSR count). The van der Waals surface area contributed by atoms with Gasteiger partial charge in [0.15, 0.2) is 0 Å². The fourth-order valence-electron chi connectivity index (χ4n) is 2.46. The molecule has 0 atom stereocenters. The number of halogens is 1. The lowest BCUT2D eigenvalue weighted by molar-refractivity contribution is 0.0953. The van der Waals surface area contributed by atoms with Crippen LogP contribution in [0, 0.1) is 0 Å². The molecule has 1 amide bonds. The minimum absolute atomic E-state index is 0.167. The number of benzene rings is 2. The van der Waals surface area contributed by atoms with Gasteiger partial charge in [-0.25, -0.2) is 0 Å². The maximum absolute atomic E-state index is 12.2. The molecule has 1 heterocycles. The van der Waals surface area contributed by atoms with Gasteiger partial charge in [-0.05, 0) is 42.7 Å². The predicted molar refractivity (Wildman–Crippen MR) is 93.7 cm³/mol. The van der Waals surface area contributed by atoms with Crippen molar-refractivity contribution in [3.63, 3.8) is 0 Å². The van der Waals surface area contributed by atoms with E-state index in [1.54, 1.807) is 18.2 Å². The third-order valence-corrected chi connectivity index (χ3v) is 4.48. The molecule has 118 valence electrons. The van der Waals surface area contributed by atoms with Crippen molar-refractivity contribution in [1.82, 2.24) is 15.5 Å². The molecule has 23 heavy (non-hydrogen) atoms. The molecule has 3 aromatic rings. The molecule has 0 aliphatic carbocycles. The Bertz CT molecular complexity index is 898. The summed E-state index contributed by atoms with van der Waals surface area (Å²) in [7, 11) is 0. The number of carbonyl (C=O) groups is 1. The van der Waals surface area contributed by atoms with Crippen LogP contribution >= 0.6 is 15.9 Å². The van der Waals surface area contributed by atoms with Gasteiger partial charge in [-0.1, -0.05) is 34.1 Å². The van der Waals surface area contributed by atoms with E-state index in [1.807, 2.05) is 18.2 Å². The molecule has 0 aliphatic rings. The summed E-state index contributed by atoms with van der Waals surface area (Å²) < 4.78 is 1.09. The van der Waals surface area contributed by atoms with E-state index in [0.717, 1.165) is 17.3 Å². The molecule has 6 heteroatoms. The molecule has 0 aliphatic heterocycles. The lowest BCUT2D eigenvalue weighted by atomic mass is 10.1. The first-order valence-corrected chi connectivity index (χ1v) is 8.16. The Hall–Kier alpha value is -2.34. The van der Waals surface area contributed by atoms with Gasteiger partial charge < -0.3 is 5.32 Å². The summed E-state index contributed by atoms with van der Waals surface area (Å²) >= 11 is 3.52. The highest BCUT2D eigenvalue weighted by atomic mass is 79.9. The summed E-state index contributed by atoms with van der Waals surface area (Å²) in [5, 5.41) is 8.64. The molecule has 0 bridgehead atoms. The number of H-pyrrole nitrogens is 2. The average molecular weight is 374 g/mol. The van der Waals surface area contributed by atoms with Gasteiger partial charge >= 0.3 is 0 Å². The van der Waals surface area contributed by atoms with Crippen molar-refractivity contribution in [2.45, 2.75) is 12.8 Å². The topological polar surface area (TPSA) is 77.8 Å². The molecule has 5 nitrogen and oxygen atoms in total. The van der Waals surface area contributed by atoms with Crippen molar-refractivity contribution in [3.05, 3.63) is 68.4 Å². The maximum Gasteiger partial charge on any atom is 0.271 e. The smallest absolute Gasteiger partial charge is 0.271 e. The number of aryl methyl sites for hydroxylation is 1. The molecule has 0 fully saturated rings. The minimum Gasteiger partial charge on any atom is -0.352 e. The molecule has 0 unspecified atom stereocenters. The van der Waals surface area contributed by atoms with Crippen LogP contribution in [0.4, 0.5) is 0 Å². The number of amides is 1. The van der Waals surface area contributed by atoms with Crippen LogP contribution in [0.5, 0.6) is 0 Å². The number of hydrogen-bond donors (Lipinski definition) is 3. The number of rotatable bonds is 5. The molecular weight excluding hydrogens is 358 g/mol. The highest BCUT2D eigenvalue weighted by molar-refractivity contribution is 9.10. The summed E-state index contributed by atoms with van der Waals surface area (Å²) in [6, 6.07) is 13.1. The van der Waals surface area contributed by atoms with Crippen LogP contribution in [-0.4, -0.2) is 22.6 Å². The van der Waals surface area contributed by atoms with Gasteiger partial charge in [-0.3, -0.25) is 19.8 Å². The first-order valence-electron chi connectivity index (χ1n) is 7.37. The molecular formula is C17H16BrN3O2. The zero-order chi connectivity index (χ0) is 16.2. The van der Waals surface area contributed by atoms with E-state index in [4.69, 9.17) is 0 Å². The highest BCUT2D eigenvalue weighted by Crippen LogP contribution is 2.17. The molecule has 0 saturated heterocycles. The SMILES string of the molecule is O=C(NCCCc1ccccc1Br)c1ccc2[nH][nH]c(=O)c2c1. The largest absolute Gasteiger partial charge is 0.352 e. The second-order valence-corrected chi connectivity index (χ2v) is 6.14. The van der Waals surface area contributed by atoms with Crippen molar-refractivity contribution < 1.29 is 4.79 Å². The quantitative estimate of drug-likeness (QED) is 0.601. The van der Waals surface area contributed by atoms with Gasteiger partial charge in [0.1, 0.15) is 0 Å². The first-order chi connectivity index (χ1) is 11.1. The fourth-order valence-corrected chi connectivity index (χ4v) is 2.94. The van der Waals surface area contributed by atoms with Crippen molar-refractivity contribution >= 4 is 32.7 Å². The summed E-state index contributed by atoms with van der Waals surface area (Å²) in [5.74, 6) is -0.167. The second kappa shape index (κ2) is 6.83. The van der Waals surface area contributed by atoms with Crippen LogP contribution in [0.3, 0.4) is 0 Å². The number of carbonyl (C=O) groups excluding carboxylic acids is 1. The molecule has 0 saturated carbocycles. The standard InChI is InChI=1S/C17H16BrN3O2/c18-14-6-2-1-4-11(14)5-3-9-19-16(22)12-7-8-15-13(10-12)17(23)21-20-15/h1-2,4,6-8,10H,3,5,9H2,(H,19,22)(H2,20,21,23). The highest BCUT2D eigenvalue weighted by Gasteiger charge is 2.08. The van der Waals surface area contributed by atoms with Gasteiger partial charge in [-0.15, -0.1) is 0 Å². The predicted octanol–water partition coefficient (Wildman–Crippen LogP) is 2.98. The van der Waals surface area contributed by atoms with Gasteiger partial charge in [0.05, 0.1) is 10.9 Å². The Kier molecular flexibility index (Phi) is 4.62. The van der Waals surface area contributed by atoms with Crippen LogP contribution in [0.2, 0.25) is 0 Å². The molecule has 0 radical (unpaired) electrons. The number of aromatic nitrogens is 2. The number of fused-ring (bicyclic) bond motifs is 1. The van der Waals surface area contributed by atoms with E-state index in [0.29, 0.717) is 23.0 Å². The Balaban J connectivity index is 1.57. The van der Waals surface area contributed by atoms with E-state index >= 15 is 0 Å². The maximum atomic E-state index is 12.2. The lowest BCUT2D eigenvalue weighted by Crippen LogP contribution is -2.24. The van der Waals surface area contributed by atoms with Crippen LogP contribution in [0.25, 0.3) is 10.9 Å². The van der Waals surface area contributed by atoms with Crippen LogP contribution < -0.4 is 10.9 Å². The van der Waals surface area contributed by atoms with Crippen LogP contribution in [0.15, 0.2) is 51.7 Å². The summed E-state index contributed by atoms with van der Waals surface area (Å²) in [6.45, 7) is 0.585. The van der Waals surface area contributed by atoms with Gasteiger partial charge in [0, 0.05) is 16.6 Å². The van der Waals surface area contributed by atoms with E-state index in [2.05, 4.69) is 37.5 Å². The lowest BCUT2D eigenvalue weighted by Gasteiger charge is -2.06. The van der Waals surface area contributed by atoms with E-state index in [1.165, 1.54) is 5.56 Å². The van der Waals surface area contributed by atoms with Gasteiger partial charge in [-0.2, -0.15) is 0 Å². The number of hydrogen-bond acceptors (Lipinski definition) is 2. The Labute approximate surface area is 141 Å². The second-order valence-electron chi connectivity index (χ2n) is 5.29. The van der Waals surface area contributed by atoms with Crippen LogP contribution in [0.1, 0.15) is 22.3 Å². The molecule has 0 spiro atoms. The van der Waals surface area contributed by atoms with E-state index in [-0.39, 0.29) is 11.5 Å². The molecule has 2 aromatic carbocycles. The first kappa shape index (κ1) is 15.6. The van der Waals surface area contributed by atoms with Crippen molar-refractivity contribution in [2.75, 3.05) is 6.54 Å². The fraction of sp³-hybridized carbons (Fsp3) is 0.176. The Morgan fingerprint density at radius 2 is 1.96 bits per heavy atom. The third kappa shape index (κ3) is 3.53. The Morgan fingerprint density at radius 1 is 1.13 bits per heavy atom. The van der Waals surface area contributed by atoms with Crippen molar-refractivity contribution in [3.8, 4) is 0 Å². The molecule has 1 aromatic heterocycles. The van der Waals surface area contributed by atoms with E-state index < -0.39 is 0 Å². The monoisotopic (exact) mass is 373 g/mol. The number of aromatic amines is 2. The Morgan fingerprint density at radius 3 is 2.78 bits per heavy atom. The van der Waals surface area contributed by atoms with Gasteiger partial charge in [0.2, 0.25) is 0 Å². The summed E-state index contributed by atoms with van der Waals surface area (Å²) in [4.78, 5) is 23.7. The van der Waals surface area contributed by atoms with E-state index in [9.17, 15) is 9.59 Å². The van der Waals surface area contributed by atoms with Crippen LogP contribution in [-0.2, 0) is 6.42 Å². The minimum atomic E-state index is -0.219. The van der Waals surface area contributed by atoms with Crippen molar-refractivity contribution in [1.29, 1.82) is 0 Å².